The van der Waals surface area contributed by atoms with Crippen molar-refractivity contribution >= 4 is 11.9 Å². The maximum atomic E-state index is 12.7. The Morgan fingerprint density at radius 3 is 2.57 bits per heavy atom. The van der Waals surface area contributed by atoms with Crippen LogP contribution in [0.2, 0.25) is 0 Å². The topological polar surface area (TPSA) is 60.0 Å². The number of nitrogens with zero attached hydrogens (tertiary/aromatic N) is 3. The van der Waals surface area contributed by atoms with E-state index in [1.165, 1.54) is 18.4 Å². The van der Waals surface area contributed by atoms with Crippen molar-refractivity contribution in [3.8, 4) is 0 Å². The Morgan fingerprint density at radius 2 is 1.93 bits per heavy atom. The molecule has 1 heterocycles. The Kier molecular flexibility index (Phi) is 8.85. The number of likely N-dealkylation sites (N-methyl/N-ethyl adjacent to an activating group) is 1. The number of nitrogens with one attached hydrogen (secondary N) is 2. The molecular weight excluding hydrogens is 371 g/mol. The molecule has 1 amide bonds. The summed E-state index contributed by atoms with van der Waals surface area (Å²) in [6.07, 6.45) is 2.19. The van der Waals surface area contributed by atoms with Crippen molar-refractivity contribution in [3.63, 3.8) is 0 Å². The van der Waals surface area contributed by atoms with Gasteiger partial charge in [-0.15, -0.1) is 0 Å². The van der Waals surface area contributed by atoms with Crippen LogP contribution >= 0.6 is 0 Å². The first-order valence-electron chi connectivity index (χ1n) is 10.4. The summed E-state index contributed by atoms with van der Waals surface area (Å²) in [5.41, 5.74) is 0. The zero-order chi connectivity index (χ0) is 20.6. The SMILES string of the molecule is CCNC(=NCCN(C)CC(F)(F)F)NC1CCN(C(=O)C2CCCCC2)C1. The molecule has 28 heavy (non-hydrogen) atoms. The van der Waals surface area contributed by atoms with Crippen molar-refractivity contribution in [1.29, 1.82) is 0 Å². The van der Waals surface area contributed by atoms with Crippen molar-refractivity contribution in [2.75, 3.05) is 46.3 Å². The predicted molar refractivity (Wildman–Crippen MR) is 104 cm³/mol. The van der Waals surface area contributed by atoms with Gasteiger partial charge in [0.1, 0.15) is 0 Å². The number of carbonyl (C=O) groups excluding carboxylic acids is 1. The van der Waals surface area contributed by atoms with E-state index in [0.717, 1.165) is 38.6 Å². The van der Waals surface area contributed by atoms with E-state index in [1.807, 2.05) is 11.8 Å². The highest BCUT2D eigenvalue weighted by atomic mass is 19.4. The summed E-state index contributed by atoms with van der Waals surface area (Å²) in [7, 11) is 1.44. The lowest BCUT2D eigenvalue weighted by Gasteiger charge is -2.26. The van der Waals surface area contributed by atoms with Crippen LogP contribution in [-0.2, 0) is 4.79 Å². The summed E-state index contributed by atoms with van der Waals surface area (Å²) in [4.78, 5) is 20.2. The molecule has 1 aliphatic heterocycles. The third kappa shape index (κ3) is 7.85. The van der Waals surface area contributed by atoms with Crippen molar-refractivity contribution < 1.29 is 18.0 Å². The number of likely N-dealkylation sites (tertiary alicyclic amines) is 1. The average Bonchev–Trinajstić information content (AvgIpc) is 3.09. The van der Waals surface area contributed by atoms with E-state index in [9.17, 15) is 18.0 Å². The molecule has 0 aromatic rings. The van der Waals surface area contributed by atoms with Gasteiger partial charge in [-0.3, -0.25) is 14.7 Å². The lowest BCUT2D eigenvalue weighted by Crippen LogP contribution is -2.46. The van der Waals surface area contributed by atoms with Crippen molar-refractivity contribution in [2.24, 2.45) is 10.9 Å². The first-order chi connectivity index (χ1) is 13.3. The first-order valence-corrected chi connectivity index (χ1v) is 10.4. The number of rotatable bonds is 7. The summed E-state index contributed by atoms with van der Waals surface area (Å²) in [5.74, 6) is 1.05. The van der Waals surface area contributed by atoms with Gasteiger partial charge in [-0.2, -0.15) is 13.2 Å². The quantitative estimate of drug-likeness (QED) is 0.504. The van der Waals surface area contributed by atoms with E-state index in [0.29, 0.717) is 19.0 Å². The Balaban J connectivity index is 1.79. The minimum Gasteiger partial charge on any atom is -0.357 e. The van der Waals surface area contributed by atoms with Gasteiger partial charge in [-0.05, 0) is 33.2 Å². The van der Waals surface area contributed by atoms with E-state index in [4.69, 9.17) is 0 Å². The van der Waals surface area contributed by atoms with Crippen LogP contribution in [0.5, 0.6) is 0 Å². The van der Waals surface area contributed by atoms with Crippen LogP contribution in [0.15, 0.2) is 4.99 Å². The van der Waals surface area contributed by atoms with Crippen molar-refractivity contribution in [3.05, 3.63) is 0 Å². The van der Waals surface area contributed by atoms with E-state index in [2.05, 4.69) is 15.6 Å². The fraction of sp³-hybridized carbons (Fsp3) is 0.895. The van der Waals surface area contributed by atoms with Crippen molar-refractivity contribution in [1.82, 2.24) is 20.4 Å². The van der Waals surface area contributed by atoms with E-state index >= 15 is 0 Å². The Morgan fingerprint density at radius 1 is 1.21 bits per heavy atom. The van der Waals surface area contributed by atoms with Gasteiger partial charge < -0.3 is 15.5 Å². The monoisotopic (exact) mass is 405 g/mol. The Bertz CT molecular complexity index is 520. The number of hydrogen-bond acceptors (Lipinski definition) is 3. The molecule has 0 aromatic carbocycles. The second kappa shape index (κ2) is 10.9. The maximum Gasteiger partial charge on any atom is 0.401 e. The van der Waals surface area contributed by atoms with Gasteiger partial charge in [0.05, 0.1) is 13.1 Å². The molecular formula is C19H34F3N5O. The van der Waals surface area contributed by atoms with Gasteiger partial charge in [-0.1, -0.05) is 19.3 Å². The third-order valence-corrected chi connectivity index (χ3v) is 5.34. The fourth-order valence-electron chi connectivity index (χ4n) is 3.92. The zero-order valence-corrected chi connectivity index (χ0v) is 17.0. The maximum absolute atomic E-state index is 12.7. The molecule has 1 saturated heterocycles. The molecule has 0 bridgehead atoms. The summed E-state index contributed by atoms with van der Waals surface area (Å²) in [5, 5.41) is 6.46. The highest BCUT2D eigenvalue weighted by molar-refractivity contribution is 5.81. The van der Waals surface area contributed by atoms with Crippen LogP contribution < -0.4 is 10.6 Å². The van der Waals surface area contributed by atoms with E-state index < -0.39 is 12.7 Å². The first kappa shape index (κ1) is 22.8. The van der Waals surface area contributed by atoms with Gasteiger partial charge in [0, 0.05) is 38.1 Å². The predicted octanol–water partition coefficient (Wildman–Crippen LogP) is 2.22. The molecule has 0 aromatic heterocycles. The summed E-state index contributed by atoms with van der Waals surface area (Å²) < 4.78 is 37.2. The number of aliphatic imine (C=N–C) groups is 1. The number of carbonyl (C=O) groups is 1. The number of amides is 1. The molecule has 1 atom stereocenters. The molecule has 9 heteroatoms. The molecule has 1 unspecified atom stereocenters. The highest BCUT2D eigenvalue weighted by Gasteiger charge is 2.32. The summed E-state index contributed by atoms with van der Waals surface area (Å²) in [6.45, 7) is 3.59. The lowest BCUT2D eigenvalue weighted by atomic mass is 9.88. The molecule has 2 fully saturated rings. The largest absolute Gasteiger partial charge is 0.401 e. The van der Waals surface area contributed by atoms with Crippen LogP contribution in [0.4, 0.5) is 13.2 Å². The van der Waals surface area contributed by atoms with Crippen LogP contribution in [-0.4, -0.2) is 80.2 Å². The summed E-state index contributed by atoms with van der Waals surface area (Å²) >= 11 is 0. The molecule has 162 valence electrons. The molecule has 2 aliphatic rings. The molecule has 2 rings (SSSR count). The molecule has 2 N–H and O–H groups in total. The van der Waals surface area contributed by atoms with Gasteiger partial charge in [0.15, 0.2) is 5.96 Å². The van der Waals surface area contributed by atoms with Gasteiger partial charge in [0.2, 0.25) is 5.91 Å². The third-order valence-electron chi connectivity index (χ3n) is 5.34. The highest BCUT2D eigenvalue weighted by Crippen LogP contribution is 2.26. The van der Waals surface area contributed by atoms with Crippen molar-refractivity contribution in [2.45, 2.75) is 57.7 Å². The summed E-state index contributed by atoms with van der Waals surface area (Å²) in [6, 6.07) is 0.123. The molecule has 1 aliphatic carbocycles. The number of alkyl halides is 3. The molecule has 6 nitrogen and oxygen atoms in total. The molecule has 1 saturated carbocycles. The van der Waals surface area contributed by atoms with Crippen LogP contribution in [0.1, 0.15) is 45.4 Å². The Hall–Kier alpha value is -1.51. The number of guanidine groups is 1. The van der Waals surface area contributed by atoms with Gasteiger partial charge >= 0.3 is 6.18 Å². The lowest BCUT2D eigenvalue weighted by molar-refractivity contribution is -0.142. The smallest absolute Gasteiger partial charge is 0.357 e. The number of halogens is 3. The molecule has 0 spiro atoms. The molecule has 0 radical (unpaired) electrons. The van der Waals surface area contributed by atoms with Crippen LogP contribution in [0.3, 0.4) is 0 Å². The Labute approximate surface area is 165 Å². The number of hydrogen-bond donors (Lipinski definition) is 2. The van der Waals surface area contributed by atoms with E-state index in [-0.39, 0.29) is 31.0 Å². The zero-order valence-electron chi connectivity index (χ0n) is 17.0. The normalized spacial score (nSPS) is 22.0. The van der Waals surface area contributed by atoms with Crippen LogP contribution in [0, 0.1) is 5.92 Å². The fourth-order valence-corrected chi connectivity index (χ4v) is 3.92. The average molecular weight is 406 g/mol. The second-order valence-electron chi connectivity index (χ2n) is 7.86. The standard InChI is InChI=1S/C19H34F3N5O/c1-3-23-18(24-10-12-26(2)14-19(20,21)22)25-16-9-11-27(13-16)17(28)15-7-5-4-6-8-15/h15-16H,3-14H2,1-2H3,(H2,23,24,25). The minimum absolute atomic E-state index is 0.123. The van der Waals surface area contributed by atoms with E-state index in [1.54, 1.807) is 0 Å². The second-order valence-corrected chi connectivity index (χ2v) is 7.86. The van der Waals surface area contributed by atoms with Gasteiger partial charge in [-0.25, -0.2) is 0 Å². The van der Waals surface area contributed by atoms with Crippen LogP contribution in [0.25, 0.3) is 0 Å². The minimum atomic E-state index is -4.20. The van der Waals surface area contributed by atoms with Gasteiger partial charge in [0.25, 0.3) is 0 Å².